The van der Waals surface area contributed by atoms with Gasteiger partial charge in [-0.1, -0.05) is 11.6 Å². The summed E-state index contributed by atoms with van der Waals surface area (Å²) in [5.74, 6) is -0.0194. The summed E-state index contributed by atoms with van der Waals surface area (Å²) in [4.78, 5) is 27.8. The largest absolute Gasteiger partial charge is 0.465 e. The molecule has 1 heterocycles. The summed E-state index contributed by atoms with van der Waals surface area (Å²) < 4.78 is 10.3. The Morgan fingerprint density at radius 3 is 2.59 bits per heavy atom. The fourth-order valence-corrected chi connectivity index (χ4v) is 3.92. The molecule has 2 aromatic rings. The van der Waals surface area contributed by atoms with Gasteiger partial charge in [0.2, 0.25) is 5.91 Å². The van der Waals surface area contributed by atoms with E-state index in [-0.39, 0.29) is 5.91 Å². The second kappa shape index (κ2) is 10.5. The standard InChI is InChI=1S/C21H23ClN2O4S/c1-27-21(26)18-14-16(24-9-11-28-12-10-24)4-7-19(18)23-20(25)8-13-29-17-5-2-15(22)3-6-17/h2-7,14H,8-13H2,1H3,(H,23,25). The van der Waals surface area contributed by atoms with Gasteiger partial charge in [0.25, 0.3) is 0 Å². The van der Waals surface area contributed by atoms with E-state index >= 15 is 0 Å². The molecule has 0 aliphatic carbocycles. The number of anilines is 2. The van der Waals surface area contributed by atoms with Crippen LogP contribution in [0.1, 0.15) is 16.8 Å². The highest BCUT2D eigenvalue weighted by atomic mass is 35.5. The molecule has 0 aromatic heterocycles. The molecule has 0 bridgehead atoms. The Labute approximate surface area is 179 Å². The molecular weight excluding hydrogens is 412 g/mol. The zero-order chi connectivity index (χ0) is 20.6. The van der Waals surface area contributed by atoms with Crippen LogP contribution in [0, 0.1) is 0 Å². The van der Waals surface area contributed by atoms with Crippen molar-refractivity contribution < 1.29 is 19.1 Å². The number of benzene rings is 2. The van der Waals surface area contributed by atoms with Crippen LogP contribution in [0.4, 0.5) is 11.4 Å². The van der Waals surface area contributed by atoms with Crippen molar-refractivity contribution in [2.75, 3.05) is 49.4 Å². The molecule has 1 aliphatic heterocycles. The van der Waals surface area contributed by atoms with Gasteiger partial charge in [-0.15, -0.1) is 11.8 Å². The van der Waals surface area contributed by atoms with E-state index in [1.165, 1.54) is 7.11 Å². The van der Waals surface area contributed by atoms with Gasteiger partial charge in [0, 0.05) is 40.9 Å². The lowest BCUT2D eigenvalue weighted by molar-refractivity contribution is -0.115. The van der Waals surface area contributed by atoms with Crippen LogP contribution in [-0.2, 0) is 14.3 Å². The van der Waals surface area contributed by atoms with E-state index in [1.54, 1.807) is 23.9 Å². The lowest BCUT2D eigenvalue weighted by Gasteiger charge is -2.29. The number of hydrogen-bond acceptors (Lipinski definition) is 6. The number of esters is 1. The molecule has 1 fully saturated rings. The number of methoxy groups -OCH3 is 1. The summed E-state index contributed by atoms with van der Waals surface area (Å²) >= 11 is 7.45. The van der Waals surface area contributed by atoms with E-state index in [1.807, 2.05) is 30.3 Å². The maximum atomic E-state index is 12.4. The first-order chi connectivity index (χ1) is 14.1. The first-order valence-electron chi connectivity index (χ1n) is 9.30. The Bertz CT molecular complexity index is 854. The Morgan fingerprint density at radius 2 is 1.90 bits per heavy atom. The third kappa shape index (κ3) is 6.13. The van der Waals surface area contributed by atoms with E-state index in [2.05, 4.69) is 10.2 Å². The lowest BCUT2D eigenvalue weighted by Crippen LogP contribution is -2.36. The van der Waals surface area contributed by atoms with Crippen molar-refractivity contribution >= 4 is 46.6 Å². The minimum absolute atomic E-state index is 0.157. The molecule has 3 rings (SSSR count). The second-order valence-corrected chi connectivity index (χ2v) is 8.03. The zero-order valence-electron chi connectivity index (χ0n) is 16.2. The maximum Gasteiger partial charge on any atom is 0.340 e. The molecule has 0 atom stereocenters. The number of ether oxygens (including phenoxy) is 2. The van der Waals surface area contributed by atoms with E-state index in [0.29, 0.717) is 41.7 Å². The smallest absolute Gasteiger partial charge is 0.340 e. The van der Waals surface area contributed by atoms with Crippen LogP contribution in [-0.4, -0.2) is 51.0 Å². The van der Waals surface area contributed by atoms with Crippen LogP contribution in [0.25, 0.3) is 0 Å². The van der Waals surface area contributed by atoms with Gasteiger partial charge in [0.15, 0.2) is 0 Å². The Hall–Kier alpha value is -2.22. The molecule has 0 radical (unpaired) electrons. The van der Waals surface area contributed by atoms with Gasteiger partial charge >= 0.3 is 5.97 Å². The molecule has 2 aromatic carbocycles. The van der Waals surface area contributed by atoms with Crippen LogP contribution in [0.5, 0.6) is 0 Å². The Morgan fingerprint density at radius 1 is 1.17 bits per heavy atom. The van der Waals surface area contributed by atoms with Crippen molar-refractivity contribution in [2.24, 2.45) is 0 Å². The van der Waals surface area contributed by atoms with Crippen molar-refractivity contribution in [2.45, 2.75) is 11.3 Å². The number of amides is 1. The first kappa shape index (κ1) is 21.5. The summed E-state index contributed by atoms with van der Waals surface area (Å²) in [7, 11) is 1.33. The highest BCUT2D eigenvalue weighted by molar-refractivity contribution is 7.99. The van der Waals surface area contributed by atoms with Gasteiger partial charge in [-0.2, -0.15) is 0 Å². The predicted octanol–water partition coefficient (Wildman–Crippen LogP) is 4.08. The fourth-order valence-electron chi connectivity index (χ4n) is 2.94. The van der Waals surface area contributed by atoms with E-state index in [0.717, 1.165) is 23.7 Å². The van der Waals surface area contributed by atoms with Crippen LogP contribution in [0.2, 0.25) is 5.02 Å². The molecule has 1 saturated heterocycles. The fraction of sp³-hybridized carbons (Fsp3) is 0.333. The van der Waals surface area contributed by atoms with Gasteiger partial charge in [0.05, 0.1) is 31.6 Å². The van der Waals surface area contributed by atoms with Gasteiger partial charge < -0.3 is 19.7 Å². The number of carbonyl (C=O) groups excluding carboxylic acids is 2. The molecule has 1 aliphatic rings. The van der Waals surface area contributed by atoms with Crippen molar-refractivity contribution in [1.82, 2.24) is 0 Å². The molecule has 29 heavy (non-hydrogen) atoms. The first-order valence-corrected chi connectivity index (χ1v) is 10.7. The van der Waals surface area contributed by atoms with E-state index < -0.39 is 5.97 Å². The molecule has 0 saturated carbocycles. The number of nitrogens with one attached hydrogen (secondary N) is 1. The third-order valence-electron chi connectivity index (χ3n) is 4.47. The predicted molar refractivity (Wildman–Crippen MR) is 116 cm³/mol. The zero-order valence-corrected chi connectivity index (χ0v) is 17.7. The quantitative estimate of drug-likeness (QED) is 0.523. The molecule has 6 nitrogen and oxygen atoms in total. The summed E-state index contributed by atoms with van der Waals surface area (Å²) in [5, 5.41) is 3.52. The molecule has 0 spiro atoms. The van der Waals surface area contributed by atoms with Gasteiger partial charge in [0.1, 0.15) is 0 Å². The Kier molecular flexibility index (Phi) is 7.80. The average molecular weight is 435 g/mol. The number of nitrogens with zero attached hydrogens (tertiary/aromatic N) is 1. The molecule has 1 N–H and O–H groups in total. The van der Waals surface area contributed by atoms with E-state index in [9.17, 15) is 9.59 Å². The number of carbonyl (C=O) groups is 2. The SMILES string of the molecule is COC(=O)c1cc(N2CCOCC2)ccc1NC(=O)CCSc1ccc(Cl)cc1. The normalized spacial score (nSPS) is 13.8. The molecule has 8 heteroatoms. The minimum Gasteiger partial charge on any atom is -0.465 e. The minimum atomic E-state index is -0.481. The maximum absolute atomic E-state index is 12.4. The lowest BCUT2D eigenvalue weighted by atomic mass is 10.1. The topological polar surface area (TPSA) is 67.9 Å². The number of morpholine rings is 1. The van der Waals surface area contributed by atoms with Crippen molar-refractivity contribution in [3.63, 3.8) is 0 Å². The van der Waals surface area contributed by atoms with Crippen molar-refractivity contribution in [1.29, 1.82) is 0 Å². The molecule has 154 valence electrons. The van der Waals surface area contributed by atoms with Gasteiger partial charge in [-0.05, 0) is 42.5 Å². The summed E-state index contributed by atoms with van der Waals surface area (Å²) in [6, 6.07) is 12.9. The number of rotatable bonds is 7. The monoisotopic (exact) mass is 434 g/mol. The number of hydrogen-bond donors (Lipinski definition) is 1. The van der Waals surface area contributed by atoms with Crippen LogP contribution in [0.3, 0.4) is 0 Å². The molecular formula is C21H23ClN2O4S. The summed E-state index contributed by atoms with van der Waals surface area (Å²) in [5.41, 5.74) is 1.70. The van der Waals surface area contributed by atoms with Crippen LogP contribution in [0.15, 0.2) is 47.4 Å². The van der Waals surface area contributed by atoms with Crippen LogP contribution >= 0.6 is 23.4 Å². The van der Waals surface area contributed by atoms with Crippen molar-refractivity contribution in [3.8, 4) is 0 Å². The van der Waals surface area contributed by atoms with Gasteiger partial charge in [-0.3, -0.25) is 4.79 Å². The number of halogens is 1. The van der Waals surface area contributed by atoms with Crippen LogP contribution < -0.4 is 10.2 Å². The average Bonchev–Trinajstić information content (AvgIpc) is 2.75. The van der Waals surface area contributed by atoms with E-state index in [4.69, 9.17) is 21.1 Å². The highest BCUT2D eigenvalue weighted by Gasteiger charge is 2.18. The highest BCUT2D eigenvalue weighted by Crippen LogP contribution is 2.26. The number of thioether (sulfide) groups is 1. The molecule has 1 amide bonds. The third-order valence-corrected chi connectivity index (χ3v) is 5.74. The molecule has 0 unspecified atom stereocenters. The summed E-state index contributed by atoms with van der Waals surface area (Å²) in [6.07, 6.45) is 0.319. The Balaban J connectivity index is 1.62. The van der Waals surface area contributed by atoms with Crippen molar-refractivity contribution in [3.05, 3.63) is 53.1 Å². The summed E-state index contributed by atoms with van der Waals surface area (Å²) in [6.45, 7) is 2.82. The van der Waals surface area contributed by atoms with Gasteiger partial charge in [-0.25, -0.2) is 4.79 Å². The second-order valence-electron chi connectivity index (χ2n) is 6.42.